The van der Waals surface area contributed by atoms with Crippen LogP contribution in [0.15, 0.2) is 62.6 Å². The Morgan fingerprint density at radius 2 is 1.88 bits per heavy atom. The van der Waals surface area contributed by atoms with Crippen LogP contribution in [0.1, 0.15) is 25.5 Å². The van der Waals surface area contributed by atoms with Crippen LogP contribution in [0.2, 0.25) is 0 Å². The zero-order valence-corrected chi connectivity index (χ0v) is 14.2. The summed E-state index contributed by atoms with van der Waals surface area (Å²) in [4.78, 5) is 11.8. The molecule has 126 valence electrons. The molecule has 2 aromatic carbocycles. The largest absolute Gasteiger partial charge is 0.419 e. The van der Waals surface area contributed by atoms with Crippen LogP contribution in [0.4, 0.5) is 0 Å². The van der Waals surface area contributed by atoms with Crippen molar-refractivity contribution >= 4 is 21.1 Å². The second-order valence-electron chi connectivity index (χ2n) is 5.50. The Morgan fingerprint density at radius 1 is 1.17 bits per heavy atom. The molecule has 0 saturated heterocycles. The van der Waals surface area contributed by atoms with E-state index in [2.05, 4.69) is 4.72 Å². The Balaban J connectivity index is 1.95. The first-order valence-corrected chi connectivity index (χ1v) is 9.11. The maximum absolute atomic E-state index is 12.6. The van der Waals surface area contributed by atoms with E-state index >= 15 is 0 Å². The summed E-state index contributed by atoms with van der Waals surface area (Å²) >= 11 is 0. The molecule has 3 aromatic rings. The van der Waals surface area contributed by atoms with E-state index in [0.717, 1.165) is 5.56 Å². The predicted molar refractivity (Wildman–Crippen MR) is 91.3 cm³/mol. The lowest BCUT2D eigenvalue weighted by Gasteiger charge is -2.14. The van der Waals surface area contributed by atoms with Crippen LogP contribution < -0.4 is 10.5 Å². The molecule has 6 nitrogen and oxygen atoms in total. The van der Waals surface area contributed by atoms with E-state index in [1.807, 2.05) is 37.3 Å². The summed E-state index contributed by atoms with van der Waals surface area (Å²) < 4.78 is 34.4. The molecule has 0 aliphatic carbocycles. The molecule has 1 heterocycles. The molecule has 0 saturated carbocycles. The average molecular weight is 346 g/mol. The Kier molecular flexibility index (Phi) is 4.29. The van der Waals surface area contributed by atoms with Gasteiger partial charge in [-0.3, -0.25) is 4.57 Å². The van der Waals surface area contributed by atoms with Crippen molar-refractivity contribution in [2.45, 2.75) is 31.3 Å². The summed E-state index contributed by atoms with van der Waals surface area (Å²) in [5.74, 6) is -0.493. The van der Waals surface area contributed by atoms with Crippen LogP contribution in [0.3, 0.4) is 0 Å². The van der Waals surface area contributed by atoms with E-state index in [1.165, 1.54) is 16.7 Å². The highest BCUT2D eigenvalue weighted by Gasteiger charge is 2.20. The topological polar surface area (TPSA) is 81.3 Å². The Hall–Kier alpha value is -2.38. The fourth-order valence-corrected chi connectivity index (χ4v) is 3.87. The SMILES string of the molecule is CCn1c(=O)oc2cc(S(=O)(=O)N[C@@H](C)c3ccccc3)ccc21. The number of benzene rings is 2. The van der Waals surface area contributed by atoms with Crippen molar-refractivity contribution in [2.24, 2.45) is 0 Å². The second-order valence-corrected chi connectivity index (χ2v) is 7.21. The molecular formula is C17H18N2O4S. The summed E-state index contributed by atoms with van der Waals surface area (Å²) in [6.45, 7) is 4.06. The number of aryl methyl sites for hydroxylation is 1. The molecule has 0 spiro atoms. The monoisotopic (exact) mass is 346 g/mol. The van der Waals surface area contributed by atoms with Gasteiger partial charge in [-0.25, -0.2) is 17.9 Å². The first-order chi connectivity index (χ1) is 11.4. The molecule has 1 N–H and O–H groups in total. The molecule has 0 aliphatic rings. The van der Waals surface area contributed by atoms with Gasteiger partial charge in [0.05, 0.1) is 10.4 Å². The Morgan fingerprint density at radius 3 is 2.54 bits per heavy atom. The Bertz CT molecular complexity index is 1020. The second kappa shape index (κ2) is 6.26. The van der Waals surface area contributed by atoms with Gasteiger partial charge in [-0.05, 0) is 31.5 Å². The zero-order valence-electron chi connectivity index (χ0n) is 13.4. The first-order valence-electron chi connectivity index (χ1n) is 7.63. The quantitative estimate of drug-likeness (QED) is 0.770. The van der Waals surface area contributed by atoms with Crippen LogP contribution in [0.5, 0.6) is 0 Å². The summed E-state index contributed by atoms with van der Waals surface area (Å²) in [6.07, 6.45) is 0. The van der Waals surface area contributed by atoms with Crippen molar-refractivity contribution in [3.05, 3.63) is 64.6 Å². The van der Waals surface area contributed by atoms with Crippen molar-refractivity contribution in [2.75, 3.05) is 0 Å². The van der Waals surface area contributed by atoms with Crippen molar-refractivity contribution in [3.8, 4) is 0 Å². The standard InChI is InChI=1S/C17H18N2O4S/c1-3-19-15-10-9-14(11-16(15)23-17(19)20)24(21,22)18-12(2)13-7-5-4-6-8-13/h4-12,18H,3H2,1-2H3/t12-/m0/s1. The number of sulfonamides is 1. The van der Waals surface area contributed by atoms with Crippen LogP contribution in [-0.4, -0.2) is 13.0 Å². The number of hydrogen-bond acceptors (Lipinski definition) is 4. The number of fused-ring (bicyclic) bond motifs is 1. The zero-order chi connectivity index (χ0) is 17.3. The molecule has 0 fully saturated rings. The van der Waals surface area contributed by atoms with Crippen LogP contribution in [0, 0.1) is 0 Å². The maximum Gasteiger partial charge on any atom is 0.419 e. The van der Waals surface area contributed by atoms with Crippen molar-refractivity contribution < 1.29 is 12.8 Å². The molecule has 0 unspecified atom stereocenters. The lowest BCUT2D eigenvalue weighted by atomic mass is 10.1. The summed E-state index contributed by atoms with van der Waals surface area (Å²) in [6, 6.07) is 13.4. The minimum Gasteiger partial charge on any atom is -0.408 e. The molecule has 7 heteroatoms. The first kappa shape index (κ1) is 16.5. The number of rotatable bonds is 5. The van der Waals surface area contributed by atoms with Gasteiger partial charge in [0, 0.05) is 18.7 Å². The predicted octanol–water partition coefficient (Wildman–Crippen LogP) is 2.65. The van der Waals surface area contributed by atoms with Crippen LogP contribution in [0.25, 0.3) is 11.1 Å². The lowest BCUT2D eigenvalue weighted by Crippen LogP contribution is -2.26. The highest BCUT2D eigenvalue weighted by atomic mass is 32.2. The molecule has 1 atom stereocenters. The van der Waals surface area contributed by atoms with E-state index in [9.17, 15) is 13.2 Å². The van der Waals surface area contributed by atoms with Crippen molar-refractivity contribution in [1.82, 2.24) is 9.29 Å². The number of hydrogen-bond donors (Lipinski definition) is 1. The highest BCUT2D eigenvalue weighted by Crippen LogP contribution is 2.21. The molecule has 0 aliphatic heterocycles. The molecule has 3 rings (SSSR count). The van der Waals surface area contributed by atoms with Gasteiger partial charge in [-0.1, -0.05) is 30.3 Å². The van der Waals surface area contributed by atoms with Crippen LogP contribution >= 0.6 is 0 Å². The van der Waals surface area contributed by atoms with E-state index in [1.54, 1.807) is 13.0 Å². The molecular weight excluding hydrogens is 328 g/mol. The molecule has 1 aromatic heterocycles. The Labute approximate surface area is 139 Å². The lowest BCUT2D eigenvalue weighted by molar-refractivity contribution is 0.512. The smallest absolute Gasteiger partial charge is 0.408 e. The molecule has 0 radical (unpaired) electrons. The van der Waals surface area contributed by atoms with E-state index < -0.39 is 15.8 Å². The number of nitrogens with zero attached hydrogens (tertiary/aromatic N) is 1. The fourth-order valence-electron chi connectivity index (χ4n) is 2.62. The summed E-state index contributed by atoms with van der Waals surface area (Å²) in [5, 5.41) is 0. The van der Waals surface area contributed by atoms with E-state index in [0.29, 0.717) is 12.1 Å². The molecule has 24 heavy (non-hydrogen) atoms. The summed E-state index contributed by atoms with van der Waals surface area (Å²) in [7, 11) is -3.73. The van der Waals surface area contributed by atoms with Gasteiger partial charge in [0.2, 0.25) is 10.0 Å². The number of nitrogens with one attached hydrogen (secondary N) is 1. The summed E-state index contributed by atoms with van der Waals surface area (Å²) in [5.41, 5.74) is 1.71. The minimum absolute atomic E-state index is 0.0646. The number of aromatic nitrogens is 1. The van der Waals surface area contributed by atoms with Gasteiger partial charge in [-0.2, -0.15) is 0 Å². The molecule has 0 bridgehead atoms. The number of oxazole rings is 1. The van der Waals surface area contributed by atoms with Gasteiger partial charge >= 0.3 is 5.76 Å². The normalized spacial score (nSPS) is 13.2. The van der Waals surface area contributed by atoms with E-state index in [-0.39, 0.29) is 16.5 Å². The van der Waals surface area contributed by atoms with Gasteiger partial charge in [0.25, 0.3) is 0 Å². The van der Waals surface area contributed by atoms with Crippen molar-refractivity contribution in [1.29, 1.82) is 0 Å². The van der Waals surface area contributed by atoms with Gasteiger partial charge in [0.1, 0.15) is 0 Å². The average Bonchev–Trinajstić information content (AvgIpc) is 2.89. The van der Waals surface area contributed by atoms with Crippen molar-refractivity contribution in [3.63, 3.8) is 0 Å². The van der Waals surface area contributed by atoms with E-state index in [4.69, 9.17) is 4.42 Å². The van der Waals surface area contributed by atoms with Crippen LogP contribution in [-0.2, 0) is 16.6 Å². The highest BCUT2D eigenvalue weighted by molar-refractivity contribution is 7.89. The minimum atomic E-state index is -3.73. The maximum atomic E-state index is 12.6. The molecule has 0 amide bonds. The van der Waals surface area contributed by atoms with Gasteiger partial charge in [0.15, 0.2) is 5.58 Å². The van der Waals surface area contributed by atoms with Gasteiger partial charge in [-0.15, -0.1) is 0 Å². The van der Waals surface area contributed by atoms with Gasteiger partial charge < -0.3 is 4.42 Å². The third kappa shape index (κ3) is 3.00. The third-order valence-corrected chi connectivity index (χ3v) is 5.44. The fraction of sp³-hybridized carbons (Fsp3) is 0.235. The third-order valence-electron chi connectivity index (χ3n) is 3.90.